The summed E-state index contributed by atoms with van der Waals surface area (Å²) in [5.41, 5.74) is 10.2. The normalized spacial score (nSPS) is 20.0. The van der Waals surface area contributed by atoms with Crippen LogP contribution in [0.15, 0.2) is 65.3 Å². The van der Waals surface area contributed by atoms with Gasteiger partial charge in [0.05, 0.1) is 5.69 Å². The number of nitrogens with zero attached hydrogens (tertiary/aromatic N) is 1. The predicted octanol–water partition coefficient (Wildman–Crippen LogP) is 4.22. The van der Waals surface area contributed by atoms with Gasteiger partial charge in [-0.1, -0.05) is 43.9 Å². The molecule has 1 unspecified atom stereocenters. The maximum absolute atomic E-state index is 6.04. The molecule has 0 aromatic heterocycles. The number of benzene rings is 1. The summed E-state index contributed by atoms with van der Waals surface area (Å²) in [7, 11) is 0. The lowest BCUT2D eigenvalue weighted by Crippen LogP contribution is -2.28. The standard InChI is InChI=1S/C20H27N3/c1-3-5-7-18(20(21)4-2)15-23-19-11-9-16(10-12-19)17-8-6-13-22-14-17/h3,5,7,9-12,15,17,22H,1,4,6,8,13-14,21H2,2H3/b7-5-,20-18?,23-15?. The van der Waals surface area contributed by atoms with Gasteiger partial charge in [0.1, 0.15) is 0 Å². The lowest BCUT2D eigenvalue weighted by molar-refractivity contribution is 0.461. The van der Waals surface area contributed by atoms with E-state index in [2.05, 4.69) is 41.2 Å². The third-order valence-corrected chi connectivity index (χ3v) is 4.18. The number of nitrogens with one attached hydrogen (secondary N) is 1. The number of rotatable bonds is 6. The second-order valence-corrected chi connectivity index (χ2v) is 5.82. The molecule has 3 nitrogen and oxygen atoms in total. The molecule has 122 valence electrons. The molecule has 1 fully saturated rings. The van der Waals surface area contributed by atoms with E-state index in [1.54, 1.807) is 6.08 Å². The first kappa shape index (κ1) is 17.2. The van der Waals surface area contributed by atoms with E-state index in [9.17, 15) is 0 Å². The van der Waals surface area contributed by atoms with E-state index in [0.717, 1.165) is 36.5 Å². The van der Waals surface area contributed by atoms with Crippen LogP contribution in [-0.4, -0.2) is 19.3 Å². The van der Waals surface area contributed by atoms with Crippen LogP contribution in [-0.2, 0) is 0 Å². The summed E-state index contributed by atoms with van der Waals surface area (Å²) in [5.74, 6) is 0.628. The van der Waals surface area contributed by atoms with Crippen molar-refractivity contribution >= 4 is 11.9 Å². The fourth-order valence-corrected chi connectivity index (χ4v) is 2.72. The monoisotopic (exact) mass is 309 g/mol. The molecule has 0 spiro atoms. The molecule has 3 N–H and O–H groups in total. The Hall–Kier alpha value is -2.13. The van der Waals surface area contributed by atoms with Crippen LogP contribution in [0.25, 0.3) is 0 Å². The van der Waals surface area contributed by atoms with Crippen LogP contribution in [0, 0.1) is 0 Å². The van der Waals surface area contributed by atoms with Gasteiger partial charge < -0.3 is 11.1 Å². The van der Waals surface area contributed by atoms with Crippen molar-refractivity contribution in [2.24, 2.45) is 10.7 Å². The van der Waals surface area contributed by atoms with Gasteiger partial charge in [0, 0.05) is 24.0 Å². The first-order valence-corrected chi connectivity index (χ1v) is 8.37. The van der Waals surface area contributed by atoms with E-state index < -0.39 is 0 Å². The van der Waals surface area contributed by atoms with Gasteiger partial charge in [0.2, 0.25) is 0 Å². The molecule has 1 aliphatic rings. The summed E-state index contributed by atoms with van der Waals surface area (Å²) in [4.78, 5) is 4.55. The van der Waals surface area contributed by atoms with Crippen LogP contribution in [0.1, 0.15) is 37.7 Å². The minimum absolute atomic E-state index is 0.628. The molecule has 1 aromatic rings. The molecule has 0 radical (unpaired) electrons. The molecule has 1 saturated heterocycles. The van der Waals surface area contributed by atoms with Crippen molar-refractivity contribution in [3.05, 3.63) is 65.9 Å². The van der Waals surface area contributed by atoms with Crippen LogP contribution in [0.5, 0.6) is 0 Å². The highest BCUT2D eigenvalue weighted by Crippen LogP contribution is 2.25. The molecule has 0 saturated carbocycles. The molecule has 0 amide bonds. The van der Waals surface area contributed by atoms with E-state index in [1.165, 1.54) is 18.4 Å². The van der Waals surface area contributed by atoms with E-state index >= 15 is 0 Å². The molecule has 1 atom stereocenters. The van der Waals surface area contributed by atoms with Crippen LogP contribution >= 0.6 is 0 Å². The molecular formula is C20H27N3. The average molecular weight is 309 g/mol. The highest BCUT2D eigenvalue weighted by atomic mass is 14.9. The van der Waals surface area contributed by atoms with E-state index in [4.69, 9.17) is 5.73 Å². The third-order valence-electron chi connectivity index (χ3n) is 4.18. The number of hydrogen-bond acceptors (Lipinski definition) is 3. The van der Waals surface area contributed by atoms with E-state index in [1.807, 2.05) is 25.3 Å². The number of hydrogen-bond donors (Lipinski definition) is 2. The van der Waals surface area contributed by atoms with Gasteiger partial charge in [-0.2, -0.15) is 0 Å². The van der Waals surface area contributed by atoms with Gasteiger partial charge in [-0.25, -0.2) is 0 Å². The minimum Gasteiger partial charge on any atom is -0.402 e. The second kappa shape index (κ2) is 9.11. The molecular weight excluding hydrogens is 282 g/mol. The number of allylic oxidation sites excluding steroid dienone is 5. The first-order valence-electron chi connectivity index (χ1n) is 8.37. The molecule has 23 heavy (non-hydrogen) atoms. The fraction of sp³-hybridized carbons (Fsp3) is 0.350. The van der Waals surface area contributed by atoms with Gasteiger partial charge in [-0.15, -0.1) is 0 Å². The number of nitrogens with two attached hydrogens (primary N) is 1. The van der Waals surface area contributed by atoms with Crippen LogP contribution < -0.4 is 11.1 Å². The van der Waals surface area contributed by atoms with Gasteiger partial charge in [0.15, 0.2) is 0 Å². The Kier molecular flexibility index (Phi) is 6.82. The largest absolute Gasteiger partial charge is 0.402 e. The zero-order valence-corrected chi connectivity index (χ0v) is 14.0. The average Bonchev–Trinajstić information content (AvgIpc) is 2.62. The van der Waals surface area contributed by atoms with Crippen molar-refractivity contribution in [3.8, 4) is 0 Å². The summed E-state index contributed by atoms with van der Waals surface area (Å²) in [5, 5.41) is 3.46. The van der Waals surface area contributed by atoms with Gasteiger partial charge in [-0.05, 0) is 49.4 Å². The quantitative estimate of drug-likeness (QED) is 0.610. The highest BCUT2D eigenvalue weighted by molar-refractivity contribution is 5.85. The van der Waals surface area contributed by atoms with E-state index in [-0.39, 0.29) is 0 Å². The Morgan fingerprint density at radius 2 is 2.17 bits per heavy atom. The Morgan fingerprint density at radius 3 is 2.78 bits per heavy atom. The molecule has 0 bridgehead atoms. The van der Waals surface area contributed by atoms with Crippen molar-refractivity contribution in [3.63, 3.8) is 0 Å². The zero-order chi connectivity index (χ0) is 16.5. The zero-order valence-electron chi connectivity index (χ0n) is 14.0. The summed E-state index contributed by atoms with van der Waals surface area (Å²) in [6.07, 6.45) is 10.7. The van der Waals surface area contributed by atoms with Crippen molar-refractivity contribution < 1.29 is 0 Å². The first-order chi connectivity index (χ1) is 11.2. The molecule has 1 heterocycles. The Bertz CT molecular complexity index is 588. The maximum Gasteiger partial charge on any atom is 0.0630 e. The van der Waals surface area contributed by atoms with E-state index in [0.29, 0.717) is 5.92 Å². The molecule has 1 aliphatic heterocycles. The molecule has 0 aliphatic carbocycles. The topological polar surface area (TPSA) is 50.4 Å². The summed E-state index contributed by atoms with van der Waals surface area (Å²) in [6, 6.07) is 8.54. The second-order valence-electron chi connectivity index (χ2n) is 5.82. The van der Waals surface area contributed by atoms with Crippen molar-refractivity contribution in [1.29, 1.82) is 0 Å². The summed E-state index contributed by atoms with van der Waals surface area (Å²) < 4.78 is 0. The van der Waals surface area contributed by atoms with Gasteiger partial charge in [-0.3, -0.25) is 4.99 Å². The van der Waals surface area contributed by atoms with Crippen molar-refractivity contribution in [2.45, 2.75) is 32.1 Å². The van der Waals surface area contributed by atoms with Crippen molar-refractivity contribution in [1.82, 2.24) is 5.32 Å². The Morgan fingerprint density at radius 1 is 1.39 bits per heavy atom. The van der Waals surface area contributed by atoms with Crippen LogP contribution in [0.4, 0.5) is 5.69 Å². The molecule has 3 heteroatoms. The van der Waals surface area contributed by atoms with Gasteiger partial charge in [0.25, 0.3) is 0 Å². The van der Waals surface area contributed by atoms with Crippen LogP contribution in [0.3, 0.4) is 0 Å². The minimum atomic E-state index is 0.628. The lowest BCUT2D eigenvalue weighted by atomic mass is 9.92. The summed E-state index contributed by atoms with van der Waals surface area (Å²) in [6.45, 7) is 7.95. The summed E-state index contributed by atoms with van der Waals surface area (Å²) >= 11 is 0. The number of piperidine rings is 1. The number of aliphatic imine (C=N–C) groups is 1. The fourth-order valence-electron chi connectivity index (χ4n) is 2.72. The molecule has 1 aromatic carbocycles. The Balaban J connectivity index is 2.09. The van der Waals surface area contributed by atoms with Crippen LogP contribution in [0.2, 0.25) is 0 Å². The molecule has 2 rings (SSSR count). The Labute approximate surface area is 139 Å². The smallest absolute Gasteiger partial charge is 0.0630 e. The SMILES string of the molecule is C=C/C=C\C(C=Nc1ccc(C2CCCNC2)cc1)=C(N)CC. The maximum atomic E-state index is 6.04. The predicted molar refractivity (Wildman–Crippen MR) is 100 cm³/mol. The van der Waals surface area contributed by atoms with Gasteiger partial charge >= 0.3 is 0 Å². The lowest BCUT2D eigenvalue weighted by Gasteiger charge is -2.23. The third kappa shape index (κ3) is 5.22. The van der Waals surface area contributed by atoms with Crippen molar-refractivity contribution in [2.75, 3.05) is 13.1 Å². The highest BCUT2D eigenvalue weighted by Gasteiger charge is 2.14.